The zero-order valence-corrected chi connectivity index (χ0v) is 19.9. The molecule has 1 spiro atoms. The average molecular weight is 454 g/mol. The van der Waals surface area contributed by atoms with E-state index in [9.17, 15) is 9.50 Å². The predicted molar refractivity (Wildman–Crippen MR) is 130 cm³/mol. The second-order valence-electron chi connectivity index (χ2n) is 9.74. The highest BCUT2D eigenvalue weighted by Crippen LogP contribution is 2.51. The number of halogens is 1. The molecule has 0 bridgehead atoms. The highest BCUT2D eigenvalue weighted by Gasteiger charge is 2.52. The van der Waals surface area contributed by atoms with E-state index in [1.54, 1.807) is 23.9 Å². The maximum atomic E-state index is 13.9. The first-order chi connectivity index (χ1) is 15.3. The van der Waals surface area contributed by atoms with Gasteiger partial charge in [0, 0.05) is 40.5 Å². The topological polar surface area (TPSA) is 51.3 Å². The summed E-state index contributed by atoms with van der Waals surface area (Å²) >= 11 is 1.72. The molecule has 3 unspecified atom stereocenters. The zero-order valence-electron chi connectivity index (χ0n) is 19.0. The molecule has 1 aliphatic heterocycles. The van der Waals surface area contributed by atoms with Crippen LogP contribution in [0.25, 0.3) is 10.9 Å². The van der Waals surface area contributed by atoms with Gasteiger partial charge in [0.1, 0.15) is 5.82 Å². The van der Waals surface area contributed by atoms with Gasteiger partial charge in [0.25, 0.3) is 0 Å². The first-order valence-corrected chi connectivity index (χ1v) is 12.6. The summed E-state index contributed by atoms with van der Waals surface area (Å²) in [4.78, 5) is 6.96. The summed E-state index contributed by atoms with van der Waals surface area (Å²) in [5.41, 5.74) is 3.27. The van der Waals surface area contributed by atoms with Crippen molar-refractivity contribution < 1.29 is 9.50 Å². The van der Waals surface area contributed by atoms with Crippen LogP contribution in [-0.4, -0.2) is 48.4 Å². The summed E-state index contributed by atoms with van der Waals surface area (Å²) in [5, 5.41) is 17.0. The number of aromatic nitrogens is 1. The Morgan fingerprint density at radius 2 is 1.94 bits per heavy atom. The number of rotatable bonds is 4. The molecule has 6 heteroatoms. The molecule has 0 amide bonds. The van der Waals surface area contributed by atoms with Gasteiger partial charge < -0.3 is 20.3 Å². The second-order valence-corrected chi connectivity index (χ2v) is 10.6. The van der Waals surface area contributed by atoms with Crippen molar-refractivity contribution in [2.45, 2.75) is 41.7 Å². The summed E-state index contributed by atoms with van der Waals surface area (Å²) in [7, 11) is 4.15. The molecule has 4 nitrogen and oxygen atoms in total. The van der Waals surface area contributed by atoms with E-state index in [1.807, 2.05) is 6.07 Å². The number of aromatic amines is 1. The Kier molecular flexibility index (Phi) is 5.61. The fourth-order valence-corrected chi connectivity index (χ4v) is 6.42. The lowest BCUT2D eigenvalue weighted by Gasteiger charge is -2.51. The van der Waals surface area contributed by atoms with Crippen LogP contribution >= 0.6 is 11.8 Å². The van der Waals surface area contributed by atoms with Crippen molar-refractivity contribution in [1.82, 2.24) is 15.2 Å². The zero-order chi connectivity index (χ0) is 22.5. The fraction of sp³-hybridized carbons (Fsp3) is 0.462. The maximum absolute atomic E-state index is 13.9. The Morgan fingerprint density at radius 3 is 2.66 bits per heavy atom. The normalized spacial score (nSPS) is 27.9. The van der Waals surface area contributed by atoms with E-state index in [1.165, 1.54) is 16.2 Å². The molecule has 5 rings (SSSR count). The van der Waals surface area contributed by atoms with Crippen LogP contribution in [-0.2, 0) is 17.6 Å². The number of nitrogens with one attached hydrogen (secondary N) is 2. The Balaban J connectivity index is 1.55. The molecule has 32 heavy (non-hydrogen) atoms. The molecule has 1 fully saturated rings. The van der Waals surface area contributed by atoms with E-state index < -0.39 is 5.60 Å². The quantitative estimate of drug-likeness (QED) is 0.505. The minimum Gasteiger partial charge on any atom is -0.385 e. The van der Waals surface area contributed by atoms with E-state index in [4.69, 9.17) is 0 Å². The lowest BCUT2D eigenvalue weighted by Crippen LogP contribution is -2.57. The molecular weight excluding hydrogens is 421 g/mol. The number of aliphatic hydroxyl groups is 1. The monoisotopic (exact) mass is 453 g/mol. The van der Waals surface area contributed by atoms with Crippen LogP contribution in [0.5, 0.6) is 0 Å². The van der Waals surface area contributed by atoms with Crippen LogP contribution < -0.4 is 5.32 Å². The highest BCUT2D eigenvalue weighted by atomic mass is 32.2. The van der Waals surface area contributed by atoms with Gasteiger partial charge in [-0.1, -0.05) is 12.1 Å². The molecule has 2 aliphatic rings. The van der Waals surface area contributed by atoms with Crippen molar-refractivity contribution in [3.05, 3.63) is 65.1 Å². The van der Waals surface area contributed by atoms with Crippen LogP contribution in [0.2, 0.25) is 0 Å². The largest absolute Gasteiger partial charge is 0.385 e. The van der Waals surface area contributed by atoms with Gasteiger partial charge in [-0.05, 0) is 87.5 Å². The van der Waals surface area contributed by atoms with Gasteiger partial charge in [-0.25, -0.2) is 4.39 Å². The number of hydrogen-bond donors (Lipinski definition) is 3. The van der Waals surface area contributed by atoms with Crippen LogP contribution in [0.3, 0.4) is 0 Å². The second kappa shape index (κ2) is 8.17. The van der Waals surface area contributed by atoms with E-state index in [0.717, 1.165) is 48.8 Å². The van der Waals surface area contributed by atoms with E-state index in [-0.39, 0.29) is 17.3 Å². The summed E-state index contributed by atoms with van der Waals surface area (Å²) in [5.74, 6) is -0.150. The predicted octanol–water partition coefficient (Wildman–Crippen LogP) is 4.62. The highest BCUT2D eigenvalue weighted by molar-refractivity contribution is 7.98. The van der Waals surface area contributed by atoms with Gasteiger partial charge in [-0.3, -0.25) is 0 Å². The summed E-state index contributed by atoms with van der Waals surface area (Å²) in [6.07, 6.45) is 5.34. The minimum absolute atomic E-state index is 0.0629. The number of thioether (sulfide) groups is 1. The molecule has 2 aromatic carbocycles. The van der Waals surface area contributed by atoms with Crippen molar-refractivity contribution >= 4 is 22.7 Å². The lowest BCUT2D eigenvalue weighted by atomic mass is 9.62. The Hall–Kier alpha value is -1.86. The van der Waals surface area contributed by atoms with Crippen LogP contribution in [0.4, 0.5) is 4.39 Å². The molecular formula is C26H32FN3OS. The maximum Gasteiger partial charge on any atom is 0.125 e. The SMILES string of the molecule is CSc1ccc(C2(O)CCC3(CC2CN(C)C)NCCc2c3[nH]c3cc(F)ccc23)cc1. The number of nitrogens with zero attached hydrogens (tertiary/aromatic N) is 1. The molecule has 1 aromatic heterocycles. The average Bonchev–Trinajstić information content (AvgIpc) is 3.15. The Labute approximate surface area is 193 Å². The lowest BCUT2D eigenvalue weighted by molar-refractivity contribution is -0.0887. The molecule has 3 aromatic rings. The van der Waals surface area contributed by atoms with Gasteiger partial charge in [0.15, 0.2) is 0 Å². The molecule has 3 atom stereocenters. The van der Waals surface area contributed by atoms with Gasteiger partial charge in [0.2, 0.25) is 0 Å². The fourth-order valence-electron chi connectivity index (χ4n) is 6.01. The molecule has 3 N–H and O–H groups in total. The first-order valence-electron chi connectivity index (χ1n) is 11.4. The third kappa shape index (κ3) is 3.58. The van der Waals surface area contributed by atoms with E-state index >= 15 is 0 Å². The van der Waals surface area contributed by atoms with Gasteiger partial charge in [0.05, 0.1) is 11.1 Å². The van der Waals surface area contributed by atoms with E-state index in [2.05, 4.69) is 59.8 Å². The molecule has 1 saturated carbocycles. The number of fused-ring (bicyclic) bond motifs is 4. The standard InChI is InChI=1S/C26H32FN3OS/c1-30(2)16-18-15-25(11-12-26(18,31)17-4-7-20(32-3)8-5-17)24-22(10-13-28-25)21-9-6-19(27)14-23(21)29-24/h4-9,14,18,28-29,31H,10-13,15-16H2,1-3H3. The third-order valence-corrected chi connectivity index (χ3v) is 8.31. The van der Waals surface area contributed by atoms with E-state index in [0.29, 0.717) is 6.42 Å². The van der Waals surface area contributed by atoms with Crippen molar-refractivity contribution in [2.75, 3.05) is 33.4 Å². The molecule has 2 heterocycles. The summed E-state index contributed by atoms with van der Waals surface area (Å²) < 4.78 is 13.9. The smallest absolute Gasteiger partial charge is 0.125 e. The molecule has 170 valence electrons. The summed E-state index contributed by atoms with van der Waals surface area (Å²) in [6.45, 7) is 1.70. The molecule has 1 aliphatic carbocycles. The molecule has 0 radical (unpaired) electrons. The van der Waals surface area contributed by atoms with Gasteiger partial charge in [-0.2, -0.15) is 0 Å². The number of hydrogen-bond acceptors (Lipinski definition) is 4. The van der Waals surface area contributed by atoms with Gasteiger partial charge in [-0.15, -0.1) is 11.8 Å². The third-order valence-electron chi connectivity index (χ3n) is 7.56. The first kappa shape index (κ1) is 22.0. The van der Waals surface area contributed by atoms with Crippen molar-refractivity contribution in [1.29, 1.82) is 0 Å². The number of benzene rings is 2. The minimum atomic E-state index is -0.871. The van der Waals surface area contributed by atoms with Crippen molar-refractivity contribution in [3.8, 4) is 0 Å². The molecule has 0 saturated heterocycles. The van der Waals surface area contributed by atoms with Crippen LogP contribution in [0.1, 0.15) is 36.1 Å². The van der Waals surface area contributed by atoms with Crippen LogP contribution in [0.15, 0.2) is 47.4 Å². The summed E-state index contributed by atoms with van der Waals surface area (Å²) in [6, 6.07) is 13.5. The van der Waals surface area contributed by atoms with Crippen LogP contribution in [0, 0.1) is 11.7 Å². The van der Waals surface area contributed by atoms with Crippen molar-refractivity contribution in [3.63, 3.8) is 0 Å². The number of H-pyrrole nitrogens is 1. The van der Waals surface area contributed by atoms with Gasteiger partial charge >= 0.3 is 0 Å². The Morgan fingerprint density at radius 1 is 1.16 bits per heavy atom. The van der Waals surface area contributed by atoms with Crippen molar-refractivity contribution in [2.24, 2.45) is 5.92 Å². The Bertz CT molecular complexity index is 1130.